The summed E-state index contributed by atoms with van der Waals surface area (Å²) in [6.07, 6.45) is -0.0296. The van der Waals surface area contributed by atoms with Gasteiger partial charge in [0, 0.05) is 11.1 Å². The van der Waals surface area contributed by atoms with E-state index in [1.165, 1.54) is 12.1 Å². The number of nitriles is 1. The maximum absolute atomic E-state index is 13.8. The summed E-state index contributed by atoms with van der Waals surface area (Å²) < 4.78 is 19.4. The van der Waals surface area contributed by atoms with Crippen molar-refractivity contribution in [3.05, 3.63) is 65.0 Å². The van der Waals surface area contributed by atoms with Gasteiger partial charge in [0.15, 0.2) is 0 Å². The standard InChI is InChI=1S/C17H16FNO2/c1-2-16(20)14-5-3-4-6-17(14)21-11-13-8-7-12(10-19)9-15(13)18/h3-9,16,20H,2,11H2,1H3/t16-/m0/s1. The van der Waals surface area contributed by atoms with Crippen LogP contribution in [-0.4, -0.2) is 5.11 Å². The summed E-state index contributed by atoms with van der Waals surface area (Å²) in [6, 6.07) is 13.3. The van der Waals surface area contributed by atoms with Crippen LogP contribution in [0.15, 0.2) is 42.5 Å². The lowest BCUT2D eigenvalue weighted by Gasteiger charge is -2.15. The van der Waals surface area contributed by atoms with E-state index >= 15 is 0 Å². The molecule has 1 N–H and O–H groups in total. The zero-order valence-electron chi connectivity index (χ0n) is 11.7. The molecule has 0 bridgehead atoms. The summed E-state index contributed by atoms with van der Waals surface area (Å²) in [6.45, 7) is 1.92. The van der Waals surface area contributed by atoms with Crippen LogP contribution in [-0.2, 0) is 6.61 Å². The fourth-order valence-corrected chi connectivity index (χ4v) is 2.00. The first kappa shape index (κ1) is 15.0. The number of aliphatic hydroxyl groups is 1. The van der Waals surface area contributed by atoms with Crippen LogP contribution in [0.2, 0.25) is 0 Å². The van der Waals surface area contributed by atoms with E-state index < -0.39 is 11.9 Å². The number of aliphatic hydroxyl groups excluding tert-OH is 1. The van der Waals surface area contributed by atoms with Crippen LogP contribution in [0.4, 0.5) is 4.39 Å². The summed E-state index contributed by atoms with van der Waals surface area (Å²) in [5.41, 5.74) is 1.34. The Morgan fingerprint density at radius 1 is 1.29 bits per heavy atom. The molecule has 0 aliphatic carbocycles. The van der Waals surface area contributed by atoms with E-state index in [9.17, 15) is 9.50 Å². The highest BCUT2D eigenvalue weighted by molar-refractivity contribution is 5.36. The Hall–Kier alpha value is -2.38. The fraction of sp³-hybridized carbons (Fsp3) is 0.235. The van der Waals surface area contributed by atoms with Crippen molar-refractivity contribution in [3.63, 3.8) is 0 Å². The maximum Gasteiger partial charge on any atom is 0.131 e. The Labute approximate surface area is 123 Å². The molecule has 0 aliphatic rings. The van der Waals surface area contributed by atoms with Gasteiger partial charge in [-0.25, -0.2) is 4.39 Å². The summed E-state index contributed by atoms with van der Waals surface area (Å²) in [4.78, 5) is 0. The van der Waals surface area contributed by atoms with E-state index in [2.05, 4.69) is 0 Å². The van der Waals surface area contributed by atoms with Crippen LogP contribution in [0.3, 0.4) is 0 Å². The van der Waals surface area contributed by atoms with Crippen LogP contribution in [0.1, 0.15) is 36.1 Å². The fourth-order valence-electron chi connectivity index (χ4n) is 2.00. The van der Waals surface area contributed by atoms with Gasteiger partial charge in [0.05, 0.1) is 17.7 Å². The predicted molar refractivity (Wildman–Crippen MR) is 77.1 cm³/mol. The number of hydrogen-bond donors (Lipinski definition) is 1. The lowest BCUT2D eigenvalue weighted by Crippen LogP contribution is -2.03. The third-order valence-corrected chi connectivity index (χ3v) is 3.23. The van der Waals surface area contributed by atoms with Gasteiger partial charge in [0.1, 0.15) is 18.2 Å². The second-order valence-electron chi connectivity index (χ2n) is 4.67. The molecule has 0 spiro atoms. The van der Waals surface area contributed by atoms with E-state index in [1.807, 2.05) is 19.1 Å². The van der Waals surface area contributed by atoms with Crippen molar-refractivity contribution in [1.82, 2.24) is 0 Å². The molecule has 1 atom stereocenters. The Bertz CT molecular complexity index is 664. The predicted octanol–water partition coefficient (Wildman–Crippen LogP) is 3.72. The molecule has 21 heavy (non-hydrogen) atoms. The Morgan fingerprint density at radius 2 is 2.05 bits per heavy atom. The van der Waals surface area contributed by atoms with Gasteiger partial charge < -0.3 is 9.84 Å². The molecule has 3 nitrogen and oxygen atoms in total. The van der Waals surface area contributed by atoms with Gasteiger partial charge in [0.2, 0.25) is 0 Å². The first-order valence-electron chi connectivity index (χ1n) is 6.74. The van der Waals surface area contributed by atoms with Gasteiger partial charge in [-0.05, 0) is 24.6 Å². The number of nitrogens with zero attached hydrogens (tertiary/aromatic N) is 1. The van der Waals surface area contributed by atoms with Gasteiger partial charge in [0.25, 0.3) is 0 Å². The smallest absolute Gasteiger partial charge is 0.131 e. The van der Waals surface area contributed by atoms with Crippen LogP contribution in [0.25, 0.3) is 0 Å². The van der Waals surface area contributed by atoms with Crippen molar-refractivity contribution >= 4 is 0 Å². The molecule has 0 heterocycles. The molecule has 2 rings (SSSR count). The molecule has 0 saturated carbocycles. The lowest BCUT2D eigenvalue weighted by atomic mass is 10.1. The molecule has 0 fully saturated rings. The van der Waals surface area contributed by atoms with Gasteiger partial charge in [-0.2, -0.15) is 5.26 Å². The number of halogens is 1. The third kappa shape index (κ3) is 3.59. The van der Waals surface area contributed by atoms with Crippen LogP contribution in [0, 0.1) is 17.1 Å². The Morgan fingerprint density at radius 3 is 2.71 bits per heavy atom. The van der Waals surface area contributed by atoms with Crippen LogP contribution in [0.5, 0.6) is 5.75 Å². The highest BCUT2D eigenvalue weighted by atomic mass is 19.1. The minimum atomic E-state index is -0.605. The van der Waals surface area contributed by atoms with E-state index in [1.54, 1.807) is 24.3 Å². The first-order chi connectivity index (χ1) is 10.2. The van der Waals surface area contributed by atoms with E-state index in [-0.39, 0.29) is 12.2 Å². The minimum absolute atomic E-state index is 0.0466. The van der Waals surface area contributed by atoms with Crippen molar-refractivity contribution in [3.8, 4) is 11.8 Å². The lowest BCUT2D eigenvalue weighted by molar-refractivity contribution is 0.166. The summed E-state index contributed by atoms with van der Waals surface area (Å²) >= 11 is 0. The van der Waals surface area contributed by atoms with Crippen molar-refractivity contribution in [1.29, 1.82) is 5.26 Å². The van der Waals surface area contributed by atoms with Crippen molar-refractivity contribution in [2.45, 2.75) is 26.1 Å². The molecule has 0 saturated heterocycles. The average Bonchev–Trinajstić information content (AvgIpc) is 2.53. The number of benzene rings is 2. The second-order valence-corrected chi connectivity index (χ2v) is 4.67. The van der Waals surface area contributed by atoms with Crippen molar-refractivity contribution in [2.75, 3.05) is 0 Å². The average molecular weight is 285 g/mol. The first-order valence-corrected chi connectivity index (χ1v) is 6.74. The van der Waals surface area contributed by atoms with Gasteiger partial charge in [-0.1, -0.05) is 31.2 Å². The monoisotopic (exact) mass is 285 g/mol. The molecule has 108 valence electrons. The minimum Gasteiger partial charge on any atom is -0.488 e. The summed E-state index contributed by atoms with van der Waals surface area (Å²) in [5.74, 6) is 0.0678. The van der Waals surface area contributed by atoms with Gasteiger partial charge in [-0.15, -0.1) is 0 Å². The molecular weight excluding hydrogens is 269 g/mol. The Kier molecular flexibility index (Phi) is 4.91. The highest BCUT2D eigenvalue weighted by Crippen LogP contribution is 2.27. The maximum atomic E-state index is 13.8. The normalized spacial score (nSPS) is 11.7. The molecule has 2 aromatic rings. The van der Waals surface area contributed by atoms with Crippen LogP contribution >= 0.6 is 0 Å². The number of hydrogen-bond acceptors (Lipinski definition) is 3. The number of rotatable bonds is 5. The topological polar surface area (TPSA) is 53.2 Å². The van der Waals surface area contributed by atoms with E-state index in [0.29, 0.717) is 23.3 Å². The van der Waals surface area contributed by atoms with E-state index in [0.717, 1.165) is 0 Å². The molecular formula is C17H16FNO2. The zero-order valence-corrected chi connectivity index (χ0v) is 11.7. The number of ether oxygens (including phenoxy) is 1. The second kappa shape index (κ2) is 6.87. The van der Waals surface area contributed by atoms with E-state index in [4.69, 9.17) is 10.00 Å². The molecule has 4 heteroatoms. The molecule has 0 radical (unpaired) electrons. The van der Waals surface area contributed by atoms with Crippen molar-refractivity contribution < 1.29 is 14.2 Å². The van der Waals surface area contributed by atoms with Crippen LogP contribution < -0.4 is 4.74 Å². The largest absolute Gasteiger partial charge is 0.488 e. The Balaban J connectivity index is 2.16. The zero-order chi connectivity index (χ0) is 15.2. The molecule has 2 aromatic carbocycles. The molecule has 0 unspecified atom stereocenters. The molecule has 0 aromatic heterocycles. The molecule has 0 amide bonds. The van der Waals surface area contributed by atoms with Crippen molar-refractivity contribution in [2.24, 2.45) is 0 Å². The number of para-hydroxylation sites is 1. The SMILES string of the molecule is CC[C@H](O)c1ccccc1OCc1ccc(C#N)cc1F. The molecule has 0 aliphatic heterocycles. The highest BCUT2D eigenvalue weighted by Gasteiger charge is 2.12. The van der Waals surface area contributed by atoms with Gasteiger partial charge >= 0.3 is 0 Å². The summed E-state index contributed by atoms with van der Waals surface area (Å²) in [5, 5.41) is 18.6. The van der Waals surface area contributed by atoms with Gasteiger partial charge in [-0.3, -0.25) is 0 Å². The summed E-state index contributed by atoms with van der Waals surface area (Å²) in [7, 11) is 0. The quantitative estimate of drug-likeness (QED) is 0.911. The third-order valence-electron chi connectivity index (χ3n) is 3.23.